The number of nitrogens with one attached hydrogen (secondary N) is 1. The van der Waals surface area contributed by atoms with E-state index in [2.05, 4.69) is 47.3 Å². The third kappa shape index (κ3) is 4.47. The fraction of sp³-hybridized carbons (Fsp3) is 0.750. The van der Waals surface area contributed by atoms with Crippen molar-refractivity contribution in [3.05, 3.63) is 18.0 Å². The van der Waals surface area contributed by atoms with Crippen LogP contribution < -0.4 is 5.32 Å². The molecule has 0 amide bonds. The summed E-state index contributed by atoms with van der Waals surface area (Å²) in [6.45, 7) is 10.2. The van der Waals surface area contributed by atoms with Gasteiger partial charge in [-0.1, -0.05) is 6.92 Å². The molecule has 22 heavy (non-hydrogen) atoms. The Hall–Kier alpha value is -1.56. The Balaban J connectivity index is 1.93. The molecule has 1 aliphatic rings. The molecule has 1 saturated heterocycles. The second kappa shape index (κ2) is 8.17. The monoisotopic (exact) mass is 306 g/mol. The van der Waals surface area contributed by atoms with Gasteiger partial charge in [-0.25, -0.2) is 0 Å². The lowest BCUT2D eigenvalue weighted by Crippen LogP contribution is -2.40. The highest BCUT2D eigenvalue weighted by Crippen LogP contribution is 2.26. The number of hydrogen-bond acceptors (Lipinski definition) is 3. The van der Waals surface area contributed by atoms with Gasteiger partial charge in [-0.2, -0.15) is 5.10 Å². The Morgan fingerprint density at radius 2 is 2.32 bits per heavy atom. The number of aliphatic imine (C=N–C) groups is 1. The summed E-state index contributed by atoms with van der Waals surface area (Å²) in [5, 5.41) is 7.72. The maximum Gasteiger partial charge on any atom is 0.193 e. The second-order valence-corrected chi connectivity index (χ2v) is 6.01. The Kier molecular flexibility index (Phi) is 6.24. The van der Waals surface area contributed by atoms with Gasteiger partial charge in [-0.05, 0) is 32.5 Å². The van der Waals surface area contributed by atoms with E-state index >= 15 is 0 Å². The standard InChI is InChI=1S/C16H30N6/c1-5-17-16(18-8-10-20(3)6-2)22-9-7-14(13-22)15-11-19-21(4)12-15/h11-12,14H,5-10,13H2,1-4H3,(H,17,18). The fourth-order valence-corrected chi connectivity index (χ4v) is 2.79. The van der Waals surface area contributed by atoms with Crippen LogP contribution in [0.25, 0.3) is 0 Å². The zero-order valence-electron chi connectivity index (χ0n) is 14.4. The van der Waals surface area contributed by atoms with Gasteiger partial charge in [0.1, 0.15) is 0 Å². The largest absolute Gasteiger partial charge is 0.357 e. The van der Waals surface area contributed by atoms with Crippen molar-refractivity contribution in [3.63, 3.8) is 0 Å². The first-order valence-electron chi connectivity index (χ1n) is 8.34. The molecule has 1 aromatic heterocycles. The van der Waals surface area contributed by atoms with E-state index < -0.39 is 0 Å². The van der Waals surface area contributed by atoms with E-state index in [1.54, 1.807) is 0 Å². The number of nitrogens with zero attached hydrogens (tertiary/aromatic N) is 5. The zero-order chi connectivity index (χ0) is 15.9. The Bertz CT molecular complexity index is 481. The molecule has 2 heterocycles. The first kappa shape index (κ1) is 16.8. The first-order valence-corrected chi connectivity index (χ1v) is 8.34. The number of hydrogen-bond donors (Lipinski definition) is 1. The van der Waals surface area contributed by atoms with Crippen LogP contribution >= 0.6 is 0 Å². The van der Waals surface area contributed by atoms with Gasteiger partial charge in [0.15, 0.2) is 5.96 Å². The first-order chi connectivity index (χ1) is 10.6. The SMILES string of the molecule is CCNC(=NCCN(C)CC)N1CCC(c2cnn(C)c2)C1. The molecule has 0 aromatic carbocycles. The smallest absolute Gasteiger partial charge is 0.193 e. The van der Waals surface area contributed by atoms with Crippen LogP contribution in [-0.2, 0) is 7.05 Å². The van der Waals surface area contributed by atoms with Gasteiger partial charge in [0.05, 0.1) is 12.7 Å². The third-order valence-corrected chi connectivity index (χ3v) is 4.30. The van der Waals surface area contributed by atoms with Crippen molar-refractivity contribution in [1.29, 1.82) is 0 Å². The van der Waals surface area contributed by atoms with Gasteiger partial charge in [0, 0.05) is 45.3 Å². The third-order valence-electron chi connectivity index (χ3n) is 4.30. The summed E-state index contributed by atoms with van der Waals surface area (Å²) in [6, 6.07) is 0. The molecule has 1 unspecified atom stereocenters. The molecular formula is C16H30N6. The molecule has 6 nitrogen and oxygen atoms in total. The fourth-order valence-electron chi connectivity index (χ4n) is 2.79. The Morgan fingerprint density at radius 1 is 1.50 bits per heavy atom. The van der Waals surface area contributed by atoms with Crippen LogP contribution in [0.2, 0.25) is 0 Å². The van der Waals surface area contributed by atoms with E-state index in [0.29, 0.717) is 5.92 Å². The van der Waals surface area contributed by atoms with Gasteiger partial charge in [-0.15, -0.1) is 0 Å². The number of likely N-dealkylation sites (tertiary alicyclic amines) is 1. The number of rotatable bonds is 6. The van der Waals surface area contributed by atoms with Crippen LogP contribution in [0.15, 0.2) is 17.4 Å². The average molecular weight is 306 g/mol. The summed E-state index contributed by atoms with van der Waals surface area (Å²) >= 11 is 0. The molecule has 0 spiro atoms. The highest BCUT2D eigenvalue weighted by molar-refractivity contribution is 5.80. The van der Waals surface area contributed by atoms with E-state index in [4.69, 9.17) is 4.99 Å². The predicted octanol–water partition coefficient (Wildman–Crippen LogP) is 1.13. The molecule has 1 aliphatic heterocycles. The highest BCUT2D eigenvalue weighted by Gasteiger charge is 2.26. The molecule has 0 radical (unpaired) electrons. The van der Waals surface area contributed by atoms with Crippen LogP contribution in [0.3, 0.4) is 0 Å². The van der Waals surface area contributed by atoms with Crippen molar-refractivity contribution in [3.8, 4) is 0 Å². The summed E-state index contributed by atoms with van der Waals surface area (Å²) in [5.74, 6) is 1.62. The summed E-state index contributed by atoms with van der Waals surface area (Å²) in [6.07, 6.45) is 5.30. The molecule has 0 aliphatic carbocycles. The van der Waals surface area contributed by atoms with Crippen LogP contribution in [-0.4, -0.2) is 71.9 Å². The van der Waals surface area contributed by atoms with Crippen LogP contribution in [0.4, 0.5) is 0 Å². The van der Waals surface area contributed by atoms with Crippen molar-refractivity contribution in [2.24, 2.45) is 12.0 Å². The predicted molar refractivity (Wildman–Crippen MR) is 91.3 cm³/mol. The summed E-state index contributed by atoms with van der Waals surface area (Å²) in [4.78, 5) is 9.45. The zero-order valence-corrected chi connectivity index (χ0v) is 14.4. The molecule has 0 saturated carbocycles. The molecule has 2 rings (SSSR count). The molecule has 124 valence electrons. The summed E-state index contributed by atoms with van der Waals surface area (Å²) < 4.78 is 1.89. The van der Waals surface area contributed by atoms with Crippen molar-refractivity contribution < 1.29 is 0 Å². The normalized spacial score (nSPS) is 19.2. The molecule has 1 N–H and O–H groups in total. The Morgan fingerprint density at radius 3 is 2.95 bits per heavy atom. The van der Waals surface area contributed by atoms with Crippen molar-refractivity contribution in [2.75, 3.05) is 46.3 Å². The molecular weight excluding hydrogens is 276 g/mol. The average Bonchev–Trinajstić information content (AvgIpc) is 3.14. The summed E-state index contributed by atoms with van der Waals surface area (Å²) in [5.41, 5.74) is 1.34. The van der Waals surface area contributed by atoms with Crippen LogP contribution in [0.1, 0.15) is 31.7 Å². The van der Waals surface area contributed by atoms with Gasteiger partial charge >= 0.3 is 0 Å². The molecule has 1 atom stereocenters. The molecule has 0 bridgehead atoms. The molecule has 1 fully saturated rings. The van der Waals surface area contributed by atoms with Gasteiger partial charge < -0.3 is 15.1 Å². The van der Waals surface area contributed by atoms with Gasteiger partial charge in [0.2, 0.25) is 0 Å². The van der Waals surface area contributed by atoms with E-state index in [1.165, 1.54) is 12.0 Å². The van der Waals surface area contributed by atoms with E-state index in [-0.39, 0.29) is 0 Å². The Labute approximate surface area is 134 Å². The topological polar surface area (TPSA) is 48.7 Å². The van der Waals surface area contributed by atoms with E-state index in [9.17, 15) is 0 Å². The van der Waals surface area contributed by atoms with E-state index in [0.717, 1.165) is 45.2 Å². The quantitative estimate of drug-likeness (QED) is 0.632. The number of aryl methyl sites for hydroxylation is 1. The number of aromatic nitrogens is 2. The number of likely N-dealkylation sites (N-methyl/N-ethyl adjacent to an activating group) is 1. The number of guanidine groups is 1. The van der Waals surface area contributed by atoms with Gasteiger partial charge in [-0.3, -0.25) is 9.67 Å². The lowest BCUT2D eigenvalue weighted by Gasteiger charge is -2.22. The molecule has 1 aromatic rings. The van der Waals surface area contributed by atoms with Crippen molar-refractivity contribution in [2.45, 2.75) is 26.2 Å². The lowest BCUT2D eigenvalue weighted by molar-refractivity contribution is 0.362. The van der Waals surface area contributed by atoms with Crippen molar-refractivity contribution >= 4 is 5.96 Å². The lowest BCUT2D eigenvalue weighted by atomic mass is 10.0. The minimum Gasteiger partial charge on any atom is -0.357 e. The van der Waals surface area contributed by atoms with Crippen molar-refractivity contribution in [1.82, 2.24) is 24.9 Å². The van der Waals surface area contributed by atoms with E-state index in [1.807, 2.05) is 17.9 Å². The maximum atomic E-state index is 4.79. The minimum absolute atomic E-state index is 0.566. The minimum atomic E-state index is 0.566. The summed E-state index contributed by atoms with van der Waals surface area (Å²) in [7, 11) is 4.11. The molecule has 6 heteroatoms. The maximum absolute atomic E-state index is 4.79. The highest BCUT2D eigenvalue weighted by atomic mass is 15.3. The second-order valence-electron chi connectivity index (χ2n) is 6.01. The van der Waals surface area contributed by atoms with Crippen LogP contribution in [0.5, 0.6) is 0 Å². The van der Waals surface area contributed by atoms with Gasteiger partial charge in [0.25, 0.3) is 0 Å². The van der Waals surface area contributed by atoms with Crippen LogP contribution in [0, 0.1) is 0 Å².